The van der Waals surface area contributed by atoms with Crippen molar-refractivity contribution in [2.75, 3.05) is 6.54 Å². The third kappa shape index (κ3) is 8.94. The molecule has 0 bridgehead atoms. The number of esters is 1. The van der Waals surface area contributed by atoms with E-state index in [1.165, 1.54) is 6.92 Å². The predicted octanol–water partition coefficient (Wildman–Crippen LogP) is 4.18. The van der Waals surface area contributed by atoms with Gasteiger partial charge >= 0.3 is 12.1 Å². The molecule has 7 heteroatoms. The standard InChI is InChI=1S/C23H30N2O5/c1-17(26)28-16-20-13-19(11-8-12-24-22(27)30-23(2,3)4)21(14-25-20)29-15-18-9-6-5-7-10-18/h5-7,9-10,13-14H,8,11-12,15-16H2,1-4H3,(H,24,27). The van der Waals surface area contributed by atoms with Gasteiger partial charge in [0.2, 0.25) is 0 Å². The zero-order valence-electron chi connectivity index (χ0n) is 18.1. The van der Waals surface area contributed by atoms with Crippen LogP contribution in [-0.4, -0.2) is 29.2 Å². The van der Waals surface area contributed by atoms with Crippen molar-refractivity contribution in [3.8, 4) is 5.75 Å². The number of benzene rings is 1. The van der Waals surface area contributed by atoms with Crippen molar-refractivity contribution >= 4 is 12.1 Å². The van der Waals surface area contributed by atoms with Crippen LogP contribution < -0.4 is 10.1 Å². The second-order valence-corrected chi connectivity index (χ2v) is 7.87. The molecule has 0 fully saturated rings. The van der Waals surface area contributed by atoms with Crippen molar-refractivity contribution in [1.82, 2.24) is 10.3 Å². The van der Waals surface area contributed by atoms with Crippen LogP contribution in [0.4, 0.5) is 4.79 Å². The maximum absolute atomic E-state index is 11.8. The molecule has 0 radical (unpaired) electrons. The van der Waals surface area contributed by atoms with E-state index in [1.807, 2.05) is 57.2 Å². The number of hydrogen-bond donors (Lipinski definition) is 1. The number of ether oxygens (including phenoxy) is 3. The van der Waals surface area contributed by atoms with E-state index in [-0.39, 0.29) is 12.6 Å². The molecule has 0 aliphatic rings. The van der Waals surface area contributed by atoms with Crippen LogP contribution in [0, 0.1) is 0 Å². The van der Waals surface area contributed by atoms with E-state index < -0.39 is 11.7 Å². The van der Waals surface area contributed by atoms with Crippen LogP contribution in [0.2, 0.25) is 0 Å². The molecule has 2 aromatic rings. The molecule has 7 nitrogen and oxygen atoms in total. The van der Waals surface area contributed by atoms with Crippen molar-refractivity contribution in [1.29, 1.82) is 0 Å². The lowest BCUT2D eigenvalue weighted by Gasteiger charge is -2.19. The minimum Gasteiger partial charge on any atom is -0.487 e. The molecule has 0 aliphatic carbocycles. The highest BCUT2D eigenvalue weighted by molar-refractivity contribution is 5.67. The van der Waals surface area contributed by atoms with Gasteiger partial charge in [-0.15, -0.1) is 0 Å². The van der Waals surface area contributed by atoms with Crippen LogP contribution >= 0.6 is 0 Å². The molecular formula is C23H30N2O5. The SMILES string of the molecule is CC(=O)OCc1cc(CCCNC(=O)OC(C)(C)C)c(OCc2ccccc2)cn1. The fourth-order valence-corrected chi connectivity index (χ4v) is 2.63. The van der Waals surface area contributed by atoms with Crippen molar-refractivity contribution in [2.24, 2.45) is 0 Å². The van der Waals surface area contributed by atoms with Gasteiger partial charge in [-0.3, -0.25) is 9.78 Å². The fraction of sp³-hybridized carbons (Fsp3) is 0.435. The van der Waals surface area contributed by atoms with E-state index >= 15 is 0 Å². The van der Waals surface area contributed by atoms with Gasteiger partial charge in [0.25, 0.3) is 0 Å². The summed E-state index contributed by atoms with van der Waals surface area (Å²) in [5.74, 6) is 0.312. The summed E-state index contributed by atoms with van der Waals surface area (Å²) in [6, 6.07) is 11.7. The molecule has 0 saturated carbocycles. The topological polar surface area (TPSA) is 86.8 Å². The minimum absolute atomic E-state index is 0.109. The maximum Gasteiger partial charge on any atom is 0.407 e. The van der Waals surface area contributed by atoms with Crippen molar-refractivity contribution in [3.05, 3.63) is 59.4 Å². The van der Waals surface area contributed by atoms with Gasteiger partial charge in [0.1, 0.15) is 24.6 Å². The highest BCUT2D eigenvalue weighted by Gasteiger charge is 2.15. The number of alkyl carbamates (subject to hydrolysis) is 1. The van der Waals surface area contributed by atoms with Gasteiger partial charge in [0.05, 0.1) is 11.9 Å². The Morgan fingerprint density at radius 2 is 1.83 bits per heavy atom. The molecule has 0 atom stereocenters. The number of pyridine rings is 1. The summed E-state index contributed by atoms with van der Waals surface area (Å²) in [6.07, 6.45) is 2.57. The quantitative estimate of drug-likeness (QED) is 0.489. The Hall–Kier alpha value is -3.09. The molecule has 30 heavy (non-hydrogen) atoms. The number of aryl methyl sites for hydroxylation is 1. The number of nitrogens with one attached hydrogen (secondary N) is 1. The number of nitrogens with zero attached hydrogens (tertiary/aromatic N) is 1. The molecule has 1 aromatic carbocycles. The molecule has 2 rings (SSSR count). The molecule has 0 unspecified atom stereocenters. The Balaban J connectivity index is 1.98. The molecule has 1 aromatic heterocycles. The van der Waals surface area contributed by atoms with Gasteiger partial charge in [0.15, 0.2) is 0 Å². The van der Waals surface area contributed by atoms with E-state index in [4.69, 9.17) is 14.2 Å². The first kappa shape index (κ1) is 23.2. The molecule has 1 heterocycles. The Morgan fingerprint density at radius 1 is 1.10 bits per heavy atom. The van der Waals surface area contributed by atoms with Gasteiger partial charge in [-0.1, -0.05) is 30.3 Å². The van der Waals surface area contributed by atoms with Crippen LogP contribution in [0.3, 0.4) is 0 Å². The van der Waals surface area contributed by atoms with Gasteiger partial charge in [-0.05, 0) is 50.8 Å². The Labute approximate surface area is 177 Å². The molecule has 1 amide bonds. The number of hydrogen-bond acceptors (Lipinski definition) is 6. The molecule has 1 N–H and O–H groups in total. The van der Waals surface area contributed by atoms with Gasteiger partial charge < -0.3 is 19.5 Å². The Kier molecular flexibility index (Phi) is 8.65. The second-order valence-electron chi connectivity index (χ2n) is 7.87. The van der Waals surface area contributed by atoms with Crippen LogP contribution in [0.1, 0.15) is 50.9 Å². The monoisotopic (exact) mass is 414 g/mol. The Bertz CT molecular complexity index is 831. The zero-order chi connectivity index (χ0) is 22.0. The molecule has 0 saturated heterocycles. The maximum atomic E-state index is 11.8. The van der Waals surface area contributed by atoms with Crippen LogP contribution in [0.5, 0.6) is 5.75 Å². The zero-order valence-corrected chi connectivity index (χ0v) is 18.1. The number of amides is 1. The Morgan fingerprint density at radius 3 is 2.50 bits per heavy atom. The minimum atomic E-state index is -0.529. The van der Waals surface area contributed by atoms with Gasteiger partial charge in [-0.25, -0.2) is 4.79 Å². The summed E-state index contributed by atoms with van der Waals surface area (Å²) in [5, 5.41) is 2.75. The van der Waals surface area contributed by atoms with Crippen LogP contribution in [0.25, 0.3) is 0 Å². The lowest BCUT2D eigenvalue weighted by Crippen LogP contribution is -2.33. The third-order valence-electron chi connectivity index (χ3n) is 3.96. The van der Waals surface area contributed by atoms with Crippen molar-refractivity contribution in [2.45, 2.75) is 59.4 Å². The van der Waals surface area contributed by atoms with Crippen molar-refractivity contribution in [3.63, 3.8) is 0 Å². The largest absolute Gasteiger partial charge is 0.487 e. The second kappa shape index (κ2) is 11.2. The first-order valence-corrected chi connectivity index (χ1v) is 9.97. The summed E-state index contributed by atoms with van der Waals surface area (Å²) < 4.78 is 16.2. The normalized spacial score (nSPS) is 10.9. The predicted molar refractivity (Wildman–Crippen MR) is 113 cm³/mol. The lowest BCUT2D eigenvalue weighted by molar-refractivity contribution is -0.142. The highest BCUT2D eigenvalue weighted by Crippen LogP contribution is 2.22. The number of aromatic nitrogens is 1. The molecule has 0 aliphatic heterocycles. The van der Waals surface area contributed by atoms with Gasteiger partial charge in [0, 0.05) is 13.5 Å². The van der Waals surface area contributed by atoms with E-state index in [9.17, 15) is 9.59 Å². The number of carbonyl (C=O) groups is 2. The first-order chi connectivity index (χ1) is 14.2. The van der Waals surface area contributed by atoms with Crippen molar-refractivity contribution < 1.29 is 23.8 Å². The summed E-state index contributed by atoms with van der Waals surface area (Å²) in [4.78, 5) is 27.2. The van der Waals surface area contributed by atoms with E-state index in [2.05, 4.69) is 10.3 Å². The van der Waals surface area contributed by atoms with E-state index in [0.717, 1.165) is 11.1 Å². The summed E-state index contributed by atoms with van der Waals surface area (Å²) in [5.41, 5.74) is 2.11. The third-order valence-corrected chi connectivity index (χ3v) is 3.96. The molecule has 162 valence electrons. The smallest absolute Gasteiger partial charge is 0.407 e. The number of carbonyl (C=O) groups excluding carboxylic acids is 2. The molecular weight excluding hydrogens is 384 g/mol. The fourth-order valence-electron chi connectivity index (χ4n) is 2.63. The van der Waals surface area contributed by atoms with Crippen LogP contribution in [0.15, 0.2) is 42.6 Å². The summed E-state index contributed by atoms with van der Waals surface area (Å²) >= 11 is 0. The van der Waals surface area contributed by atoms with Crippen LogP contribution in [-0.2, 0) is 33.9 Å². The summed E-state index contributed by atoms with van der Waals surface area (Å²) in [7, 11) is 0. The molecule has 0 spiro atoms. The van der Waals surface area contributed by atoms with E-state index in [1.54, 1.807) is 6.20 Å². The number of rotatable bonds is 9. The highest BCUT2D eigenvalue weighted by atomic mass is 16.6. The van der Waals surface area contributed by atoms with Gasteiger partial charge in [-0.2, -0.15) is 0 Å². The summed E-state index contributed by atoms with van der Waals surface area (Å²) in [6.45, 7) is 7.83. The van der Waals surface area contributed by atoms with E-state index in [0.29, 0.717) is 37.4 Å². The first-order valence-electron chi connectivity index (χ1n) is 9.97. The lowest BCUT2D eigenvalue weighted by atomic mass is 10.1. The average Bonchev–Trinajstić information content (AvgIpc) is 2.68. The average molecular weight is 415 g/mol.